The first kappa shape index (κ1) is 13.2. The van der Waals surface area contributed by atoms with Crippen molar-refractivity contribution in [3.63, 3.8) is 0 Å². The van der Waals surface area contributed by atoms with Gasteiger partial charge in [0.15, 0.2) is 0 Å². The highest BCUT2D eigenvalue weighted by Gasteiger charge is 2.09. The van der Waals surface area contributed by atoms with Crippen molar-refractivity contribution in [2.45, 2.75) is 19.9 Å². The molecule has 0 saturated carbocycles. The molecule has 0 bridgehead atoms. The second kappa shape index (κ2) is 5.29. The molecule has 0 saturated heterocycles. The summed E-state index contributed by atoms with van der Waals surface area (Å²) in [6, 6.07) is 12.8. The van der Waals surface area contributed by atoms with E-state index in [9.17, 15) is 0 Å². The highest BCUT2D eigenvalue weighted by atomic mass is 79.9. The van der Waals surface area contributed by atoms with E-state index in [0.717, 1.165) is 16.1 Å². The highest BCUT2D eigenvalue weighted by molar-refractivity contribution is 9.10. The fourth-order valence-electron chi connectivity index (χ4n) is 2.32. The van der Waals surface area contributed by atoms with Gasteiger partial charge in [0.05, 0.1) is 0 Å². The van der Waals surface area contributed by atoms with Gasteiger partial charge in [0.25, 0.3) is 0 Å². The maximum atomic E-state index is 4.40. The lowest BCUT2D eigenvalue weighted by atomic mass is 10.1. The number of hydrogen-bond donors (Lipinski definition) is 1. The Balaban J connectivity index is 2.07. The lowest BCUT2D eigenvalue weighted by molar-refractivity contribution is 0.608. The average molecular weight is 330 g/mol. The first-order valence-electron chi connectivity index (χ1n) is 6.64. The minimum Gasteiger partial charge on any atom is -0.325 e. The number of rotatable bonds is 3. The molecule has 0 fully saturated rings. The minimum atomic E-state index is 0.377. The Hall–Kier alpha value is -1.81. The first-order valence-corrected chi connectivity index (χ1v) is 7.43. The Morgan fingerprint density at radius 2 is 1.85 bits per heavy atom. The standard InChI is InChI=1S/C16H16BrN3/c1-11(2)20-10-9-18-16(20)19-15-8-7-14(17)12-5-3-4-6-13(12)15/h3-11H,1-2H3,(H,18,19). The lowest BCUT2D eigenvalue weighted by Gasteiger charge is -2.14. The zero-order valence-corrected chi connectivity index (χ0v) is 13.1. The van der Waals surface area contributed by atoms with E-state index in [1.165, 1.54) is 10.8 Å². The van der Waals surface area contributed by atoms with Crippen LogP contribution < -0.4 is 5.32 Å². The Bertz CT molecular complexity index is 746. The first-order chi connectivity index (χ1) is 9.66. The molecule has 1 aromatic heterocycles. The Kier molecular flexibility index (Phi) is 3.49. The summed E-state index contributed by atoms with van der Waals surface area (Å²) in [6.07, 6.45) is 3.82. The van der Waals surface area contributed by atoms with Crippen molar-refractivity contribution in [1.82, 2.24) is 9.55 Å². The molecule has 0 spiro atoms. The van der Waals surface area contributed by atoms with E-state index in [1.54, 1.807) is 0 Å². The number of benzene rings is 2. The van der Waals surface area contributed by atoms with Crippen LogP contribution in [0.3, 0.4) is 0 Å². The molecule has 0 aliphatic heterocycles. The smallest absolute Gasteiger partial charge is 0.207 e. The molecule has 0 atom stereocenters. The van der Waals surface area contributed by atoms with Gasteiger partial charge in [-0.15, -0.1) is 0 Å². The number of nitrogens with one attached hydrogen (secondary N) is 1. The summed E-state index contributed by atoms with van der Waals surface area (Å²) in [5, 5.41) is 5.81. The van der Waals surface area contributed by atoms with Crippen LogP contribution in [0.2, 0.25) is 0 Å². The van der Waals surface area contributed by atoms with Crippen LogP contribution in [0.1, 0.15) is 19.9 Å². The third-order valence-electron chi connectivity index (χ3n) is 3.34. The van der Waals surface area contributed by atoms with Gasteiger partial charge in [-0.3, -0.25) is 0 Å². The third kappa shape index (κ3) is 2.31. The summed E-state index contributed by atoms with van der Waals surface area (Å²) in [6.45, 7) is 4.29. The van der Waals surface area contributed by atoms with Gasteiger partial charge in [0, 0.05) is 34.0 Å². The van der Waals surface area contributed by atoms with Crippen molar-refractivity contribution in [1.29, 1.82) is 0 Å². The number of aromatic nitrogens is 2. The molecular formula is C16H16BrN3. The van der Waals surface area contributed by atoms with Gasteiger partial charge in [-0.25, -0.2) is 4.98 Å². The van der Waals surface area contributed by atoms with Crippen molar-refractivity contribution in [3.05, 3.63) is 53.3 Å². The Labute approximate surface area is 126 Å². The zero-order valence-electron chi connectivity index (χ0n) is 11.5. The topological polar surface area (TPSA) is 29.9 Å². The summed E-state index contributed by atoms with van der Waals surface area (Å²) >= 11 is 3.60. The number of fused-ring (bicyclic) bond motifs is 1. The molecule has 3 rings (SSSR count). The predicted molar refractivity (Wildman–Crippen MR) is 87.5 cm³/mol. The molecule has 102 valence electrons. The van der Waals surface area contributed by atoms with Gasteiger partial charge < -0.3 is 9.88 Å². The molecule has 1 N–H and O–H groups in total. The third-order valence-corrected chi connectivity index (χ3v) is 4.03. The molecule has 4 heteroatoms. The fourth-order valence-corrected chi connectivity index (χ4v) is 2.80. The van der Waals surface area contributed by atoms with Gasteiger partial charge in [-0.1, -0.05) is 40.2 Å². The fraction of sp³-hybridized carbons (Fsp3) is 0.188. The van der Waals surface area contributed by atoms with E-state index in [4.69, 9.17) is 0 Å². The van der Waals surface area contributed by atoms with Gasteiger partial charge in [0.2, 0.25) is 5.95 Å². The molecule has 0 unspecified atom stereocenters. The zero-order chi connectivity index (χ0) is 14.1. The second-order valence-corrected chi connectivity index (χ2v) is 5.87. The van der Waals surface area contributed by atoms with Gasteiger partial charge in [0.1, 0.15) is 0 Å². The lowest BCUT2D eigenvalue weighted by Crippen LogP contribution is -2.05. The van der Waals surface area contributed by atoms with E-state index < -0.39 is 0 Å². The molecule has 0 aliphatic carbocycles. The Morgan fingerprint density at radius 1 is 1.10 bits per heavy atom. The summed E-state index contributed by atoms with van der Waals surface area (Å²) in [7, 11) is 0. The van der Waals surface area contributed by atoms with Crippen LogP contribution >= 0.6 is 15.9 Å². The van der Waals surface area contributed by atoms with E-state index in [1.807, 2.05) is 18.5 Å². The molecule has 0 amide bonds. The largest absolute Gasteiger partial charge is 0.325 e. The summed E-state index contributed by atoms with van der Waals surface area (Å²) < 4.78 is 3.22. The number of imidazole rings is 1. The van der Waals surface area contributed by atoms with E-state index in [2.05, 4.69) is 75.0 Å². The normalized spacial score (nSPS) is 11.2. The highest BCUT2D eigenvalue weighted by Crippen LogP contribution is 2.31. The van der Waals surface area contributed by atoms with Gasteiger partial charge in [-0.2, -0.15) is 0 Å². The summed E-state index contributed by atoms with van der Waals surface area (Å²) in [4.78, 5) is 4.40. The van der Waals surface area contributed by atoms with Crippen LogP contribution in [-0.2, 0) is 0 Å². The Morgan fingerprint density at radius 3 is 2.60 bits per heavy atom. The molecule has 0 aliphatic rings. The predicted octanol–water partition coefficient (Wildman–Crippen LogP) is 5.12. The number of nitrogens with zero attached hydrogens (tertiary/aromatic N) is 2. The minimum absolute atomic E-state index is 0.377. The van der Waals surface area contributed by atoms with Crippen LogP contribution in [0.5, 0.6) is 0 Å². The molecule has 3 aromatic rings. The van der Waals surface area contributed by atoms with Crippen molar-refractivity contribution < 1.29 is 0 Å². The van der Waals surface area contributed by atoms with Gasteiger partial charge in [-0.05, 0) is 31.4 Å². The monoisotopic (exact) mass is 329 g/mol. The van der Waals surface area contributed by atoms with Crippen LogP contribution in [0.15, 0.2) is 53.3 Å². The van der Waals surface area contributed by atoms with Crippen LogP contribution in [0.25, 0.3) is 10.8 Å². The number of halogens is 1. The van der Waals surface area contributed by atoms with Crippen molar-refractivity contribution in [3.8, 4) is 0 Å². The number of hydrogen-bond acceptors (Lipinski definition) is 2. The van der Waals surface area contributed by atoms with Crippen LogP contribution in [0, 0.1) is 0 Å². The number of anilines is 2. The van der Waals surface area contributed by atoms with Gasteiger partial charge >= 0.3 is 0 Å². The van der Waals surface area contributed by atoms with Crippen LogP contribution in [0.4, 0.5) is 11.6 Å². The molecule has 1 heterocycles. The molecule has 20 heavy (non-hydrogen) atoms. The molecule has 0 radical (unpaired) electrons. The average Bonchev–Trinajstić information content (AvgIpc) is 2.91. The molecule has 3 nitrogen and oxygen atoms in total. The van der Waals surface area contributed by atoms with Crippen LogP contribution in [-0.4, -0.2) is 9.55 Å². The molecular weight excluding hydrogens is 314 g/mol. The van der Waals surface area contributed by atoms with E-state index in [-0.39, 0.29) is 0 Å². The van der Waals surface area contributed by atoms with Crippen molar-refractivity contribution >= 4 is 38.3 Å². The maximum Gasteiger partial charge on any atom is 0.207 e. The summed E-state index contributed by atoms with van der Waals surface area (Å²) in [5.74, 6) is 0.868. The van der Waals surface area contributed by atoms with E-state index in [0.29, 0.717) is 6.04 Å². The second-order valence-electron chi connectivity index (χ2n) is 5.02. The van der Waals surface area contributed by atoms with E-state index >= 15 is 0 Å². The summed E-state index contributed by atoms with van der Waals surface area (Å²) in [5.41, 5.74) is 1.07. The molecule has 2 aromatic carbocycles. The SMILES string of the molecule is CC(C)n1ccnc1Nc1ccc(Br)c2ccccc12. The van der Waals surface area contributed by atoms with Crippen molar-refractivity contribution in [2.75, 3.05) is 5.32 Å². The maximum absolute atomic E-state index is 4.40. The van der Waals surface area contributed by atoms with Crippen molar-refractivity contribution in [2.24, 2.45) is 0 Å². The quantitative estimate of drug-likeness (QED) is 0.722.